The van der Waals surface area contributed by atoms with Crippen LogP contribution in [0.2, 0.25) is 0 Å². The minimum atomic E-state index is -0.140. The van der Waals surface area contributed by atoms with E-state index in [1.807, 2.05) is 44.2 Å². The monoisotopic (exact) mass is 272 g/mol. The first-order valence-corrected chi connectivity index (χ1v) is 7.14. The number of rotatable bonds is 4. The van der Waals surface area contributed by atoms with Crippen molar-refractivity contribution in [2.45, 2.75) is 13.8 Å². The van der Waals surface area contributed by atoms with Crippen molar-refractivity contribution >= 4 is 27.3 Å². The van der Waals surface area contributed by atoms with Crippen LogP contribution in [0, 0.1) is 17.2 Å². The second kappa shape index (κ2) is 5.85. The van der Waals surface area contributed by atoms with Crippen LogP contribution in [-0.2, 0) is 0 Å². The van der Waals surface area contributed by atoms with E-state index < -0.39 is 0 Å². The van der Waals surface area contributed by atoms with E-state index in [0.717, 1.165) is 15.0 Å². The molecule has 0 bridgehead atoms. The summed E-state index contributed by atoms with van der Waals surface area (Å²) in [6.07, 6.45) is 0. The van der Waals surface area contributed by atoms with Crippen LogP contribution in [0.5, 0.6) is 0 Å². The summed E-state index contributed by atoms with van der Waals surface area (Å²) >= 11 is 1.51. The Kier molecular flexibility index (Phi) is 4.18. The maximum atomic E-state index is 12.4. The van der Waals surface area contributed by atoms with Crippen LogP contribution < -0.4 is 0 Å². The predicted octanol–water partition coefficient (Wildman–Crippen LogP) is 3.52. The smallest absolute Gasteiger partial charge is 0.263 e. The number of fused-ring (bicyclic) bond motifs is 1. The number of hydrogen-bond donors (Lipinski definition) is 0. The van der Waals surface area contributed by atoms with Crippen molar-refractivity contribution in [1.82, 2.24) is 4.90 Å². The number of carbonyl (C=O) groups is 1. The quantitative estimate of drug-likeness (QED) is 0.854. The Balaban J connectivity index is 2.24. The molecule has 0 aliphatic carbocycles. The summed E-state index contributed by atoms with van der Waals surface area (Å²) in [6, 6.07) is 12.1. The van der Waals surface area contributed by atoms with Crippen molar-refractivity contribution in [3.05, 3.63) is 35.2 Å². The topological polar surface area (TPSA) is 44.1 Å². The number of carbonyl (C=O) groups excluding carboxylic acids is 1. The van der Waals surface area contributed by atoms with E-state index in [9.17, 15) is 4.79 Å². The maximum absolute atomic E-state index is 12.4. The van der Waals surface area contributed by atoms with Crippen molar-refractivity contribution in [2.75, 3.05) is 13.1 Å². The first kappa shape index (κ1) is 13.6. The molecular formula is C15H16N2OS. The molecule has 1 aromatic heterocycles. The lowest BCUT2D eigenvalue weighted by molar-refractivity contribution is 0.0757. The summed E-state index contributed by atoms with van der Waals surface area (Å²) in [6.45, 7) is 4.88. The van der Waals surface area contributed by atoms with Gasteiger partial charge in [0.15, 0.2) is 0 Å². The van der Waals surface area contributed by atoms with E-state index in [2.05, 4.69) is 6.07 Å². The largest absolute Gasteiger partial charge is 0.337 e. The molecule has 2 rings (SSSR count). The van der Waals surface area contributed by atoms with Gasteiger partial charge in [-0.15, -0.1) is 11.3 Å². The van der Waals surface area contributed by atoms with Gasteiger partial charge >= 0.3 is 0 Å². The van der Waals surface area contributed by atoms with Gasteiger partial charge in [-0.05, 0) is 31.4 Å². The molecular weight excluding hydrogens is 256 g/mol. The molecule has 98 valence electrons. The van der Waals surface area contributed by atoms with Gasteiger partial charge in [0.25, 0.3) is 5.91 Å². The zero-order valence-electron chi connectivity index (χ0n) is 11.1. The summed E-state index contributed by atoms with van der Waals surface area (Å²) in [4.78, 5) is 14.9. The third kappa shape index (κ3) is 2.94. The van der Waals surface area contributed by atoms with Crippen LogP contribution in [0.15, 0.2) is 30.3 Å². The van der Waals surface area contributed by atoms with Gasteiger partial charge in [-0.2, -0.15) is 5.26 Å². The Labute approximate surface area is 117 Å². The molecule has 0 radical (unpaired) electrons. The number of hydrogen-bond acceptors (Lipinski definition) is 3. The number of thiophene rings is 1. The molecule has 2 aromatic rings. The number of nitriles is 1. The second-order valence-electron chi connectivity index (χ2n) is 4.52. The molecule has 0 spiro atoms. The minimum absolute atomic E-state index is 0.0193. The van der Waals surface area contributed by atoms with Crippen molar-refractivity contribution in [2.24, 2.45) is 5.92 Å². The van der Waals surface area contributed by atoms with Gasteiger partial charge in [0.2, 0.25) is 0 Å². The van der Waals surface area contributed by atoms with E-state index in [0.29, 0.717) is 13.1 Å². The van der Waals surface area contributed by atoms with Crippen molar-refractivity contribution < 1.29 is 4.79 Å². The first-order valence-electron chi connectivity index (χ1n) is 6.33. The SMILES string of the molecule is CCN(C[C@@H](C)C#N)C(=O)c1cc2ccccc2s1. The summed E-state index contributed by atoms with van der Waals surface area (Å²) in [5, 5.41) is 9.96. The first-order chi connectivity index (χ1) is 9.15. The molecule has 0 saturated carbocycles. The van der Waals surface area contributed by atoms with Crippen molar-refractivity contribution in [3.63, 3.8) is 0 Å². The van der Waals surface area contributed by atoms with Gasteiger partial charge in [0.1, 0.15) is 0 Å². The van der Waals surface area contributed by atoms with Crippen molar-refractivity contribution in [1.29, 1.82) is 5.26 Å². The van der Waals surface area contributed by atoms with Crippen LogP contribution in [0.4, 0.5) is 0 Å². The Bertz CT molecular complexity index is 593. The summed E-state index contributed by atoms with van der Waals surface area (Å²) < 4.78 is 1.12. The van der Waals surface area contributed by atoms with Crippen LogP contribution in [0.3, 0.4) is 0 Å². The molecule has 0 aliphatic heterocycles. The number of nitrogens with zero attached hydrogens (tertiary/aromatic N) is 2. The normalized spacial score (nSPS) is 12.1. The Hall–Kier alpha value is -1.86. The summed E-state index contributed by atoms with van der Waals surface area (Å²) in [5.41, 5.74) is 0. The lowest BCUT2D eigenvalue weighted by Gasteiger charge is -2.21. The lowest BCUT2D eigenvalue weighted by Crippen LogP contribution is -2.33. The van der Waals surface area contributed by atoms with Crippen LogP contribution in [-0.4, -0.2) is 23.9 Å². The van der Waals surface area contributed by atoms with Gasteiger partial charge in [0.05, 0.1) is 16.9 Å². The standard InChI is InChI=1S/C15H16N2OS/c1-3-17(10-11(2)9-16)15(18)14-8-12-6-4-5-7-13(12)19-14/h4-8,11H,3,10H2,1-2H3/t11-/m0/s1. The Morgan fingerprint density at radius 2 is 2.21 bits per heavy atom. The third-order valence-corrected chi connectivity index (χ3v) is 4.12. The lowest BCUT2D eigenvalue weighted by atomic mass is 10.2. The average molecular weight is 272 g/mol. The molecule has 1 amide bonds. The van der Waals surface area contributed by atoms with E-state index >= 15 is 0 Å². The molecule has 0 saturated heterocycles. The highest BCUT2D eigenvalue weighted by Crippen LogP contribution is 2.26. The molecule has 19 heavy (non-hydrogen) atoms. The fraction of sp³-hybridized carbons (Fsp3) is 0.333. The summed E-state index contributed by atoms with van der Waals surface area (Å²) in [7, 11) is 0. The van der Waals surface area contributed by atoms with Gasteiger partial charge < -0.3 is 4.90 Å². The molecule has 0 aliphatic rings. The van der Waals surface area contributed by atoms with Crippen LogP contribution >= 0.6 is 11.3 Å². The van der Waals surface area contributed by atoms with E-state index in [1.54, 1.807) is 4.90 Å². The van der Waals surface area contributed by atoms with Gasteiger partial charge in [-0.1, -0.05) is 18.2 Å². The molecule has 0 N–H and O–H groups in total. The maximum Gasteiger partial charge on any atom is 0.263 e. The number of benzene rings is 1. The molecule has 4 heteroatoms. The average Bonchev–Trinajstić information content (AvgIpc) is 2.87. The van der Waals surface area contributed by atoms with E-state index in [4.69, 9.17) is 5.26 Å². The molecule has 1 heterocycles. The van der Waals surface area contributed by atoms with E-state index in [1.165, 1.54) is 11.3 Å². The van der Waals surface area contributed by atoms with Gasteiger partial charge in [-0.25, -0.2) is 0 Å². The van der Waals surface area contributed by atoms with Gasteiger partial charge in [0, 0.05) is 17.8 Å². The predicted molar refractivity (Wildman–Crippen MR) is 78.2 cm³/mol. The summed E-state index contributed by atoms with van der Waals surface area (Å²) in [5.74, 6) is -0.121. The number of amides is 1. The fourth-order valence-electron chi connectivity index (χ4n) is 1.97. The minimum Gasteiger partial charge on any atom is -0.337 e. The highest BCUT2D eigenvalue weighted by atomic mass is 32.1. The van der Waals surface area contributed by atoms with E-state index in [-0.39, 0.29) is 11.8 Å². The third-order valence-electron chi connectivity index (χ3n) is 3.02. The highest BCUT2D eigenvalue weighted by molar-refractivity contribution is 7.20. The molecule has 3 nitrogen and oxygen atoms in total. The van der Waals surface area contributed by atoms with Crippen LogP contribution in [0.25, 0.3) is 10.1 Å². The highest BCUT2D eigenvalue weighted by Gasteiger charge is 2.18. The molecule has 0 unspecified atom stereocenters. The fourth-order valence-corrected chi connectivity index (χ4v) is 3.00. The Morgan fingerprint density at radius 3 is 2.84 bits per heavy atom. The van der Waals surface area contributed by atoms with Crippen LogP contribution in [0.1, 0.15) is 23.5 Å². The molecule has 1 aromatic carbocycles. The Morgan fingerprint density at radius 1 is 1.47 bits per heavy atom. The second-order valence-corrected chi connectivity index (χ2v) is 5.61. The van der Waals surface area contributed by atoms with Crippen molar-refractivity contribution in [3.8, 4) is 6.07 Å². The zero-order valence-corrected chi connectivity index (χ0v) is 11.9. The molecule has 1 atom stereocenters. The molecule has 0 fully saturated rings. The zero-order chi connectivity index (χ0) is 13.8. The van der Waals surface area contributed by atoms with Gasteiger partial charge in [-0.3, -0.25) is 4.79 Å².